The molecule has 1 unspecified atom stereocenters. The lowest BCUT2D eigenvalue weighted by molar-refractivity contribution is 0.305. The quantitative estimate of drug-likeness (QED) is 0.450. The van der Waals surface area contributed by atoms with Gasteiger partial charge in [-0.15, -0.1) is 24.0 Å². The van der Waals surface area contributed by atoms with Gasteiger partial charge in [-0.3, -0.25) is 4.99 Å². The summed E-state index contributed by atoms with van der Waals surface area (Å²) in [6, 6.07) is 8.94. The summed E-state index contributed by atoms with van der Waals surface area (Å²) in [5.41, 5.74) is 8.72. The van der Waals surface area contributed by atoms with Gasteiger partial charge in [-0.1, -0.05) is 29.8 Å². The first kappa shape index (κ1) is 19.6. The lowest BCUT2D eigenvalue weighted by Crippen LogP contribution is -2.43. The number of hydrogen-bond acceptors (Lipinski definition) is 3. The van der Waals surface area contributed by atoms with Crippen molar-refractivity contribution in [1.82, 2.24) is 9.80 Å². The number of benzene rings is 1. The van der Waals surface area contributed by atoms with Crippen LogP contribution in [0.1, 0.15) is 17.2 Å². The molecule has 1 atom stereocenters. The summed E-state index contributed by atoms with van der Waals surface area (Å²) in [5, 5.41) is 0. The molecule has 1 heterocycles. The van der Waals surface area contributed by atoms with Crippen molar-refractivity contribution in [2.24, 2.45) is 10.7 Å². The normalized spacial score (nSPS) is 17.3. The van der Waals surface area contributed by atoms with E-state index in [1.165, 1.54) is 11.1 Å². The van der Waals surface area contributed by atoms with E-state index in [1.54, 1.807) is 0 Å². The van der Waals surface area contributed by atoms with Crippen LogP contribution in [0, 0.1) is 6.92 Å². The Bertz CT molecular complexity index is 470. The molecular weight excluding hydrogens is 407 g/mol. The second kappa shape index (κ2) is 9.62. The summed E-state index contributed by atoms with van der Waals surface area (Å²) in [6.07, 6.45) is 0. The summed E-state index contributed by atoms with van der Waals surface area (Å²) >= 11 is 1.98. The van der Waals surface area contributed by atoms with E-state index < -0.39 is 0 Å². The van der Waals surface area contributed by atoms with Crippen molar-refractivity contribution in [2.75, 3.05) is 45.2 Å². The predicted octanol–water partition coefficient (Wildman–Crippen LogP) is 2.58. The molecule has 0 saturated carbocycles. The molecular formula is C16H27IN4S. The molecule has 6 heteroatoms. The summed E-state index contributed by atoms with van der Waals surface area (Å²) in [5.74, 6) is 2.98. The number of halogens is 1. The highest BCUT2D eigenvalue weighted by Crippen LogP contribution is 2.19. The fraction of sp³-hybridized carbons (Fsp3) is 0.562. The Labute approximate surface area is 155 Å². The largest absolute Gasteiger partial charge is 0.370 e. The van der Waals surface area contributed by atoms with Gasteiger partial charge in [0, 0.05) is 24.6 Å². The highest BCUT2D eigenvalue weighted by Gasteiger charge is 2.16. The van der Waals surface area contributed by atoms with E-state index in [4.69, 9.17) is 5.73 Å². The third-order valence-electron chi connectivity index (χ3n) is 3.85. The average Bonchev–Trinajstić information content (AvgIpc) is 2.49. The number of guanidine groups is 1. The minimum absolute atomic E-state index is 0. The maximum Gasteiger partial charge on any atom is 0.191 e. The zero-order valence-electron chi connectivity index (χ0n) is 13.7. The monoisotopic (exact) mass is 434 g/mol. The Morgan fingerprint density at radius 2 is 1.86 bits per heavy atom. The van der Waals surface area contributed by atoms with E-state index in [2.05, 4.69) is 60.1 Å². The molecule has 1 saturated heterocycles. The third-order valence-corrected chi connectivity index (χ3v) is 4.79. The number of likely N-dealkylation sites (N-methyl/N-ethyl adjacent to an activating group) is 1. The van der Waals surface area contributed by atoms with Crippen LogP contribution in [-0.4, -0.2) is 61.0 Å². The van der Waals surface area contributed by atoms with Gasteiger partial charge in [-0.2, -0.15) is 11.8 Å². The lowest BCUT2D eigenvalue weighted by Gasteiger charge is -2.28. The Morgan fingerprint density at radius 1 is 1.27 bits per heavy atom. The first-order valence-electron chi connectivity index (χ1n) is 7.43. The highest BCUT2D eigenvalue weighted by atomic mass is 127. The van der Waals surface area contributed by atoms with Crippen LogP contribution in [0.25, 0.3) is 0 Å². The molecule has 1 fully saturated rings. The fourth-order valence-corrected chi connectivity index (χ4v) is 3.33. The molecule has 0 amide bonds. The van der Waals surface area contributed by atoms with Crippen molar-refractivity contribution in [2.45, 2.75) is 13.0 Å². The van der Waals surface area contributed by atoms with Gasteiger partial charge in [0.1, 0.15) is 0 Å². The minimum Gasteiger partial charge on any atom is -0.370 e. The van der Waals surface area contributed by atoms with E-state index in [0.29, 0.717) is 12.5 Å². The summed E-state index contributed by atoms with van der Waals surface area (Å²) < 4.78 is 0. The zero-order valence-corrected chi connectivity index (χ0v) is 16.8. The number of aliphatic imine (C=N–C) groups is 1. The van der Waals surface area contributed by atoms with E-state index in [-0.39, 0.29) is 30.0 Å². The van der Waals surface area contributed by atoms with Crippen molar-refractivity contribution in [3.63, 3.8) is 0 Å². The number of rotatable bonds is 4. The Morgan fingerprint density at radius 3 is 2.41 bits per heavy atom. The van der Waals surface area contributed by atoms with Crippen molar-refractivity contribution in [3.8, 4) is 0 Å². The molecule has 4 nitrogen and oxygen atoms in total. The molecule has 2 N–H and O–H groups in total. The highest BCUT2D eigenvalue weighted by molar-refractivity contribution is 14.0. The van der Waals surface area contributed by atoms with Crippen LogP contribution >= 0.6 is 35.7 Å². The number of nitrogens with two attached hydrogens (primary N) is 1. The van der Waals surface area contributed by atoms with E-state index in [1.807, 2.05) is 11.8 Å². The maximum atomic E-state index is 6.15. The summed E-state index contributed by atoms with van der Waals surface area (Å²) in [7, 11) is 4.18. The Kier molecular flexibility index (Phi) is 8.56. The molecule has 1 aromatic rings. The van der Waals surface area contributed by atoms with Crippen molar-refractivity contribution in [3.05, 3.63) is 35.4 Å². The number of nitrogens with zero attached hydrogens (tertiary/aromatic N) is 3. The zero-order chi connectivity index (χ0) is 15.2. The van der Waals surface area contributed by atoms with Gasteiger partial charge in [0.25, 0.3) is 0 Å². The van der Waals surface area contributed by atoms with E-state index in [9.17, 15) is 0 Å². The molecule has 0 aromatic heterocycles. The molecule has 22 heavy (non-hydrogen) atoms. The SMILES string of the molecule is Cc1ccc(C(CN=C(N)N2CCSCC2)N(C)C)cc1.I. The summed E-state index contributed by atoms with van der Waals surface area (Å²) in [4.78, 5) is 9.03. The van der Waals surface area contributed by atoms with Crippen molar-refractivity contribution in [1.29, 1.82) is 0 Å². The third kappa shape index (κ3) is 5.62. The topological polar surface area (TPSA) is 44.9 Å². The average molecular weight is 434 g/mol. The van der Waals surface area contributed by atoms with Crippen molar-refractivity contribution >= 4 is 41.7 Å². The predicted molar refractivity (Wildman–Crippen MR) is 108 cm³/mol. The molecule has 0 aliphatic carbocycles. The van der Waals surface area contributed by atoms with Crippen LogP contribution in [-0.2, 0) is 0 Å². The number of hydrogen-bond donors (Lipinski definition) is 1. The first-order valence-corrected chi connectivity index (χ1v) is 8.59. The molecule has 1 aliphatic rings. The minimum atomic E-state index is 0. The molecule has 1 aliphatic heterocycles. The van der Waals surface area contributed by atoms with E-state index >= 15 is 0 Å². The van der Waals surface area contributed by atoms with Gasteiger partial charge in [0.15, 0.2) is 5.96 Å². The molecule has 124 valence electrons. The van der Waals surface area contributed by atoms with Crippen LogP contribution in [0.15, 0.2) is 29.3 Å². The van der Waals surface area contributed by atoms with Crippen molar-refractivity contribution < 1.29 is 0 Å². The standard InChI is InChI=1S/C16H26N4S.HI/c1-13-4-6-14(7-5-13)15(19(2)3)12-18-16(17)20-8-10-21-11-9-20;/h4-7,15H,8-12H2,1-3H3,(H2,17,18);1H. The van der Waals surface area contributed by atoms with Gasteiger partial charge in [-0.25, -0.2) is 0 Å². The lowest BCUT2D eigenvalue weighted by atomic mass is 10.0. The van der Waals surface area contributed by atoms with Gasteiger partial charge < -0.3 is 15.5 Å². The van der Waals surface area contributed by atoms with Gasteiger partial charge >= 0.3 is 0 Å². The van der Waals surface area contributed by atoms with Crippen LogP contribution in [0.5, 0.6) is 0 Å². The summed E-state index contributed by atoms with van der Waals surface area (Å²) in [6.45, 7) is 4.83. The number of thioether (sulfide) groups is 1. The molecule has 2 rings (SSSR count). The second-order valence-electron chi connectivity index (χ2n) is 5.69. The Balaban J connectivity index is 0.00000242. The molecule has 1 aromatic carbocycles. The van der Waals surface area contributed by atoms with Gasteiger partial charge in [-0.05, 0) is 26.6 Å². The molecule has 0 bridgehead atoms. The maximum absolute atomic E-state index is 6.15. The fourth-order valence-electron chi connectivity index (χ4n) is 2.43. The van der Waals surface area contributed by atoms with Crippen LogP contribution < -0.4 is 5.73 Å². The molecule has 0 spiro atoms. The first-order chi connectivity index (χ1) is 10.1. The van der Waals surface area contributed by atoms with E-state index in [0.717, 1.165) is 24.6 Å². The van der Waals surface area contributed by atoms with Crippen LogP contribution in [0.3, 0.4) is 0 Å². The second-order valence-corrected chi connectivity index (χ2v) is 6.91. The van der Waals surface area contributed by atoms with Crippen LogP contribution in [0.2, 0.25) is 0 Å². The van der Waals surface area contributed by atoms with Gasteiger partial charge in [0.2, 0.25) is 0 Å². The van der Waals surface area contributed by atoms with Crippen LogP contribution in [0.4, 0.5) is 0 Å². The van der Waals surface area contributed by atoms with Gasteiger partial charge in [0.05, 0.1) is 12.6 Å². The smallest absolute Gasteiger partial charge is 0.191 e. The Hall–Kier alpha value is -0.470. The molecule has 0 radical (unpaired) electrons. The number of aryl methyl sites for hydroxylation is 1.